The Hall–Kier alpha value is -2.97. The zero-order chi connectivity index (χ0) is 20.3. The van der Waals surface area contributed by atoms with Gasteiger partial charge in [-0.05, 0) is 31.0 Å². The van der Waals surface area contributed by atoms with Gasteiger partial charge in [0.2, 0.25) is 5.91 Å². The van der Waals surface area contributed by atoms with E-state index in [1.54, 1.807) is 11.8 Å². The first kappa shape index (κ1) is 19.8. The second-order valence-electron chi connectivity index (χ2n) is 6.64. The molecule has 6 nitrogen and oxygen atoms in total. The van der Waals surface area contributed by atoms with Crippen molar-refractivity contribution in [1.82, 2.24) is 20.2 Å². The quantitative estimate of drug-likeness (QED) is 0.849. The summed E-state index contributed by atoms with van der Waals surface area (Å²) in [6.45, 7) is 2.32. The molecule has 0 aliphatic carbocycles. The second-order valence-corrected chi connectivity index (χ2v) is 6.64. The number of alkyl halides is 3. The smallest absolute Gasteiger partial charge is 0.342 e. The topological polar surface area (TPSA) is 75.2 Å². The molecule has 1 aromatic carbocycles. The molecule has 1 saturated heterocycles. The number of aromatic nitrogens is 2. The number of likely N-dealkylation sites (tertiary alicyclic amines) is 1. The Balaban J connectivity index is 1.87. The molecule has 2 heterocycles. The first-order chi connectivity index (χ1) is 13.2. The van der Waals surface area contributed by atoms with Gasteiger partial charge in [-0.3, -0.25) is 14.6 Å². The number of carbonyl (C=O) groups is 2. The fourth-order valence-corrected chi connectivity index (χ4v) is 3.03. The maximum atomic E-state index is 13.1. The third-order valence-corrected chi connectivity index (χ3v) is 4.51. The van der Waals surface area contributed by atoms with Gasteiger partial charge in [-0.2, -0.15) is 13.2 Å². The molecule has 3 rings (SSSR count). The SMILES string of the molecule is Cc1cnc(C(=O)NC(CN2CCCC2=O)c2cccc(C(F)(F)F)c2)cn1. The van der Waals surface area contributed by atoms with Crippen LogP contribution in [0.4, 0.5) is 13.2 Å². The van der Waals surface area contributed by atoms with Crippen LogP contribution in [0.1, 0.15) is 46.2 Å². The summed E-state index contributed by atoms with van der Waals surface area (Å²) in [4.78, 5) is 34.1. The molecule has 0 radical (unpaired) electrons. The molecular weight excluding hydrogens is 373 g/mol. The number of hydrogen-bond acceptors (Lipinski definition) is 4. The third-order valence-electron chi connectivity index (χ3n) is 4.51. The van der Waals surface area contributed by atoms with E-state index in [4.69, 9.17) is 0 Å². The van der Waals surface area contributed by atoms with Crippen LogP contribution in [-0.2, 0) is 11.0 Å². The van der Waals surface area contributed by atoms with Crippen molar-refractivity contribution in [3.63, 3.8) is 0 Å². The fourth-order valence-electron chi connectivity index (χ4n) is 3.03. The number of halogens is 3. The van der Waals surface area contributed by atoms with Crippen LogP contribution in [0.15, 0.2) is 36.7 Å². The van der Waals surface area contributed by atoms with Crippen LogP contribution in [-0.4, -0.2) is 39.8 Å². The first-order valence-corrected chi connectivity index (χ1v) is 8.78. The molecule has 148 valence electrons. The lowest BCUT2D eigenvalue weighted by molar-refractivity contribution is -0.137. The predicted molar refractivity (Wildman–Crippen MR) is 94.2 cm³/mol. The largest absolute Gasteiger partial charge is 0.416 e. The van der Waals surface area contributed by atoms with Crippen molar-refractivity contribution in [2.45, 2.75) is 32.0 Å². The van der Waals surface area contributed by atoms with Crippen molar-refractivity contribution in [1.29, 1.82) is 0 Å². The Labute approximate surface area is 159 Å². The lowest BCUT2D eigenvalue weighted by atomic mass is 10.0. The van der Waals surface area contributed by atoms with E-state index in [0.29, 0.717) is 25.1 Å². The molecule has 2 amide bonds. The minimum Gasteiger partial charge on any atom is -0.342 e. The Morgan fingerprint density at radius 3 is 2.68 bits per heavy atom. The van der Waals surface area contributed by atoms with Gasteiger partial charge in [0.15, 0.2) is 0 Å². The van der Waals surface area contributed by atoms with Crippen LogP contribution >= 0.6 is 0 Å². The van der Waals surface area contributed by atoms with Crippen molar-refractivity contribution in [2.75, 3.05) is 13.1 Å². The van der Waals surface area contributed by atoms with Gasteiger partial charge >= 0.3 is 6.18 Å². The van der Waals surface area contributed by atoms with Crippen LogP contribution in [0.25, 0.3) is 0 Å². The highest BCUT2D eigenvalue weighted by Gasteiger charge is 2.32. The number of nitrogens with one attached hydrogen (secondary N) is 1. The maximum absolute atomic E-state index is 13.1. The summed E-state index contributed by atoms with van der Waals surface area (Å²) in [7, 11) is 0. The molecule has 1 aliphatic heterocycles. The average Bonchev–Trinajstić information content (AvgIpc) is 3.06. The molecule has 1 atom stereocenters. The van der Waals surface area contributed by atoms with Crippen molar-refractivity contribution < 1.29 is 22.8 Å². The number of carbonyl (C=O) groups excluding carboxylic acids is 2. The number of amides is 2. The monoisotopic (exact) mass is 392 g/mol. The van der Waals surface area contributed by atoms with Gasteiger partial charge in [0.1, 0.15) is 5.69 Å². The van der Waals surface area contributed by atoms with Gasteiger partial charge in [-0.1, -0.05) is 12.1 Å². The molecular formula is C19H19F3N4O2. The molecule has 9 heteroatoms. The van der Waals surface area contributed by atoms with Crippen molar-refractivity contribution in [2.24, 2.45) is 0 Å². The number of rotatable bonds is 5. The predicted octanol–water partition coefficient (Wildman–Crippen LogP) is 2.90. The summed E-state index contributed by atoms with van der Waals surface area (Å²) in [5.41, 5.74) is 0.138. The minimum absolute atomic E-state index is 0.0512. The van der Waals surface area contributed by atoms with E-state index >= 15 is 0 Å². The van der Waals surface area contributed by atoms with Crippen molar-refractivity contribution >= 4 is 11.8 Å². The van der Waals surface area contributed by atoms with E-state index in [1.165, 1.54) is 24.5 Å². The Kier molecular flexibility index (Phi) is 5.62. The van der Waals surface area contributed by atoms with Crippen LogP contribution in [0, 0.1) is 6.92 Å². The zero-order valence-corrected chi connectivity index (χ0v) is 15.2. The van der Waals surface area contributed by atoms with Crippen molar-refractivity contribution in [3.8, 4) is 0 Å². The molecule has 1 fully saturated rings. The molecule has 0 saturated carbocycles. The van der Waals surface area contributed by atoms with Crippen LogP contribution in [0.3, 0.4) is 0 Å². The van der Waals surface area contributed by atoms with Gasteiger partial charge in [0.25, 0.3) is 5.91 Å². The minimum atomic E-state index is -4.50. The van der Waals surface area contributed by atoms with Gasteiger partial charge < -0.3 is 10.2 Å². The number of aryl methyl sites for hydroxylation is 1. The standard InChI is InChI=1S/C19H19F3N4O2/c1-12-9-24-15(10-23-12)18(28)25-16(11-26-7-3-6-17(26)27)13-4-2-5-14(8-13)19(20,21)22/h2,4-5,8-10,16H,3,6-7,11H2,1H3,(H,25,28). The summed E-state index contributed by atoms with van der Waals surface area (Å²) in [5.74, 6) is -0.650. The summed E-state index contributed by atoms with van der Waals surface area (Å²) in [6.07, 6.45) is -0.693. The molecule has 28 heavy (non-hydrogen) atoms. The molecule has 1 unspecified atom stereocenters. The third kappa shape index (κ3) is 4.65. The second kappa shape index (κ2) is 7.95. The van der Waals surface area contributed by atoms with E-state index in [2.05, 4.69) is 15.3 Å². The molecule has 0 spiro atoms. The molecule has 1 aromatic heterocycles. The molecule has 1 aliphatic rings. The lowest BCUT2D eigenvalue weighted by Crippen LogP contribution is -2.39. The molecule has 2 aromatic rings. The number of hydrogen-bond donors (Lipinski definition) is 1. The summed E-state index contributed by atoms with van der Waals surface area (Å²) < 4.78 is 39.3. The van der Waals surface area contributed by atoms with Crippen molar-refractivity contribution in [3.05, 3.63) is 59.2 Å². The van der Waals surface area contributed by atoms with E-state index in [1.807, 2.05) is 0 Å². The van der Waals surface area contributed by atoms with Gasteiger partial charge in [-0.25, -0.2) is 4.98 Å². The Bertz CT molecular complexity index is 868. The lowest BCUT2D eigenvalue weighted by Gasteiger charge is -2.25. The van der Waals surface area contributed by atoms with E-state index in [-0.39, 0.29) is 23.7 Å². The molecule has 1 N–H and O–H groups in total. The number of nitrogens with zero attached hydrogens (tertiary/aromatic N) is 3. The Morgan fingerprint density at radius 2 is 2.07 bits per heavy atom. The van der Waals surface area contributed by atoms with Gasteiger partial charge in [0, 0.05) is 25.7 Å². The average molecular weight is 392 g/mol. The molecule has 0 bridgehead atoms. The maximum Gasteiger partial charge on any atom is 0.416 e. The van der Waals surface area contributed by atoms with Gasteiger partial charge in [0.05, 0.1) is 23.5 Å². The highest BCUT2D eigenvalue weighted by Crippen LogP contribution is 2.31. The van der Waals surface area contributed by atoms with E-state index in [0.717, 1.165) is 12.1 Å². The normalized spacial score (nSPS) is 15.6. The first-order valence-electron chi connectivity index (χ1n) is 8.78. The van der Waals surface area contributed by atoms with Crippen LogP contribution in [0.5, 0.6) is 0 Å². The highest BCUT2D eigenvalue weighted by atomic mass is 19.4. The van der Waals surface area contributed by atoms with Crippen LogP contribution in [0.2, 0.25) is 0 Å². The summed E-state index contributed by atoms with van der Waals surface area (Å²) in [6, 6.07) is 3.94. The van der Waals surface area contributed by atoms with E-state index < -0.39 is 23.7 Å². The summed E-state index contributed by atoms with van der Waals surface area (Å²) >= 11 is 0. The van der Waals surface area contributed by atoms with Crippen LogP contribution < -0.4 is 5.32 Å². The fraction of sp³-hybridized carbons (Fsp3) is 0.368. The highest BCUT2D eigenvalue weighted by molar-refractivity contribution is 5.92. The zero-order valence-electron chi connectivity index (χ0n) is 15.2. The van der Waals surface area contributed by atoms with Gasteiger partial charge in [-0.15, -0.1) is 0 Å². The van der Waals surface area contributed by atoms with E-state index in [9.17, 15) is 22.8 Å². The number of benzene rings is 1. The Morgan fingerprint density at radius 1 is 1.29 bits per heavy atom. The summed E-state index contributed by atoms with van der Waals surface area (Å²) in [5, 5.41) is 2.69.